The zero-order valence-corrected chi connectivity index (χ0v) is 14.9. The van der Waals surface area contributed by atoms with Gasteiger partial charge in [-0.05, 0) is 32.1 Å². The van der Waals surface area contributed by atoms with Crippen molar-refractivity contribution in [2.24, 2.45) is 0 Å². The fourth-order valence-corrected chi connectivity index (χ4v) is 3.13. The van der Waals surface area contributed by atoms with Crippen LogP contribution in [0, 0.1) is 0 Å². The highest BCUT2D eigenvalue weighted by Gasteiger charge is 2.28. The van der Waals surface area contributed by atoms with Crippen molar-refractivity contribution in [2.45, 2.75) is 32.5 Å². The van der Waals surface area contributed by atoms with E-state index in [1.54, 1.807) is 6.08 Å². The number of morpholine rings is 1. The van der Waals surface area contributed by atoms with Gasteiger partial charge in [0.05, 0.1) is 19.8 Å². The summed E-state index contributed by atoms with van der Waals surface area (Å²) in [6, 6.07) is 3.84. The van der Waals surface area contributed by atoms with Crippen LogP contribution in [0.25, 0.3) is 6.08 Å². The molecule has 7 nitrogen and oxygen atoms in total. The number of hydrogen-bond acceptors (Lipinski definition) is 5. The second-order valence-electron chi connectivity index (χ2n) is 6.38. The Morgan fingerprint density at radius 2 is 2.23 bits per heavy atom. The molecular weight excluding hydrogens is 338 g/mol. The van der Waals surface area contributed by atoms with Gasteiger partial charge >= 0.3 is 5.97 Å². The Balaban J connectivity index is 1.76. The average molecular weight is 361 g/mol. The maximum absolute atomic E-state index is 12.4. The second-order valence-corrected chi connectivity index (χ2v) is 6.38. The van der Waals surface area contributed by atoms with Gasteiger partial charge in [0.2, 0.25) is 5.91 Å². The molecule has 0 bridgehead atoms. The number of carbonyl (C=O) groups is 2. The molecule has 0 saturated carbocycles. The number of ether oxygens (including phenoxy) is 3. The number of carboxylic acid groups (broad SMARTS) is 1. The Kier molecular flexibility index (Phi) is 5.46. The van der Waals surface area contributed by atoms with Crippen LogP contribution in [0.1, 0.15) is 25.0 Å². The van der Waals surface area contributed by atoms with E-state index in [9.17, 15) is 9.59 Å². The summed E-state index contributed by atoms with van der Waals surface area (Å²) in [5.74, 6) is 0.204. The van der Waals surface area contributed by atoms with Crippen LogP contribution in [0.2, 0.25) is 0 Å². The number of benzene rings is 1. The summed E-state index contributed by atoms with van der Waals surface area (Å²) in [5, 5.41) is 9.04. The normalized spacial score (nSPS) is 22.2. The zero-order valence-electron chi connectivity index (χ0n) is 14.9. The summed E-state index contributed by atoms with van der Waals surface area (Å²) in [6.45, 7) is 5.07. The number of fused-ring (bicyclic) bond motifs is 1. The number of hydrogen-bond donors (Lipinski definition) is 1. The summed E-state index contributed by atoms with van der Waals surface area (Å²) in [7, 11) is 0. The lowest BCUT2D eigenvalue weighted by atomic mass is 10.1. The third-order valence-corrected chi connectivity index (χ3v) is 4.39. The predicted octanol–water partition coefficient (Wildman–Crippen LogP) is 1.73. The van der Waals surface area contributed by atoms with Crippen molar-refractivity contribution in [2.75, 3.05) is 26.3 Å². The smallest absolute Gasteiger partial charge is 0.334 e. The lowest BCUT2D eigenvalue weighted by molar-refractivity contribution is -0.158. The molecule has 7 heteroatoms. The molecule has 1 aromatic carbocycles. The first-order chi connectivity index (χ1) is 12.5. The largest absolute Gasteiger partial charge is 0.493 e. The Morgan fingerprint density at radius 3 is 2.96 bits per heavy atom. The Hall–Kier alpha value is -2.54. The molecule has 1 fully saturated rings. The van der Waals surface area contributed by atoms with Crippen molar-refractivity contribution in [3.63, 3.8) is 0 Å². The summed E-state index contributed by atoms with van der Waals surface area (Å²) in [6.07, 6.45) is 3.11. The van der Waals surface area contributed by atoms with E-state index in [0.29, 0.717) is 18.9 Å². The quantitative estimate of drug-likeness (QED) is 0.804. The number of aliphatic carboxylic acids is 1. The molecule has 1 N–H and O–H groups in total. The van der Waals surface area contributed by atoms with Gasteiger partial charge in [0.15, 0.2) is 6.10 Å². The highest BCUT2D eigenvalue weighted by atomic mass is 16.5. The molecule has 1 amide bonds. The number of carbonyl (C=O) groups excluding carboxylic acids is 1. The minimum absolute atomic E-state index is 0.0433. The van der Waals surface area contributed by atoms with Gasteiger partial charge in [0.1, 0.15) is 17.6 Å². The monoisotopic (exact) mass is 361 g/mol. The number of carboxylic acids is 1. The molecule has 2 aliphatic heterocycles. The maximum atomic E-state index is 12.4. The van der Waals surface area contributed by atoms with Crippen molar-refractivity contribution in [1.29, 1.82) is 0 Å². The summed E-state index contributed by atoms with van der Waals surface area (Å²) in [4.78, 5) is 24.9. The molecule has 0 aromatic heterocycles. The Bertz CT molecular complexity index is 729. The first-order valence-corrected chi connectivity index (χ1v) is 8.75. The van der Waals surface area contributed by atoms with Gasteiger partial charge in [-0.1, -0.05) is 0 Å². The number of rotatable bonds is 5. The van der Waals surface area contributed by atoms with Crippen LogP contribution in [0.15, 0.2) is 18.2 Å². The molecular formula is C19H23NO6. The van der Waals surface area contributed by atoms with Gasteiger partial charge in [-0.3, -0.25) is 4.79 Å². The van der Waals surface area contributed by atoms with Crippen LogP contribution in [-0.2, 0) is 20.7 Å². The third kappa shape index (κ3) is 3.99. The second kappa shape index (κ2) is 7.78. The molecule has 2 heterocycles. The number of nitrogens with zero attached hydrogens (tertiary/aromatic N) is 1. The van der Waals surface area contributed by atoms with Crippen molar-refractivity contribution in [3.05, 3.63) is 29.3 Å². The molecule has 26 heavy (non-hydrogen) atoms. The van der Waals surface area contributed by atoms with Crippen molar-refractivity contribution >= 4 is 18.0 Å². The van der Waals surface area contributed by atoms with E-state index in [-0.39, 0.29) is 25.2 Å². The van der Waals surface area contributed by atoms with Crippen LogP contribution < -0.4 is 9.47 Å². The molecule has 2 atom stereocenters. The van der Waals surface area contributed by atoms with Crippen LogP contribution in [0.4, 0.5) is 0 Å². The standard InChI is InChI=1S/C19H23NO6/c1-3-24-15-10-14-8-12(2)26-16(14)9-13(15)4-5-18(21)20-6-7-25-17(11-20)19(22)23/h4-5,9-10,12,17H,3,6-8,11H2,1-2H3,(H,22,23). The molecule has 1 aromatic rings. The molecule has 3 rings (SSSR count). The first kappa shape index (κ1) is 18.3. The topological polar surface area (TPSA) is 85.3 Å². The van der Waals surface area contributed by atoms with E-state index < -0.39 is 12.1 Å². The molecule has 2 unspecified atom stereocenters. The van der Waals surface area contributed by atoms with Crippen LogP contribution in [-0.4, -0.2) is 60.4 Å². The molecule has 0 radical (unpaired) electrons. The Morgan fingerprint density at radius 1 is 1.42 bits per heavy atom. The Labute approximate surface area is 152 Å². The van der Waals surface area contributed by atoms with Gasteiger partial charge in [0.25, 0.3) is 0 Å². The van der Waals surface area contributed by atoms with E-state index >= 15 is 0 Å². The van der Waals surface area contributed by atoms with E-state index in [0.717, 1.165) is 23.3 Å². The predicted molar refractivity (Wildman–Crippen MR) is 94.4 cm³/mol. The number of amides is 1. The SMILES string of the molecule is CCOc1cc2c(cc1C=CC(=O)N1CCOC(C(=O)O)C1)OC(C)C2. The van der Waals surface area contributed by atoms with Gasteiger partial charge < -0.3 is 24.2 Å². The van der Waals surface area contributed by atoms with Crippen molar-refractivity contribution in [3.8, 4) is 11.5 Å². The highest BCUT2D eigenvalue weighted by Crippen LogP contribution is 2.35. The van der Waals surface area contributed by atoms with Gasteiger partial charge in [-0.15, -0.1) is 0 Å². The molecule has 1 saturated heterocycles. The van der Waals surface area contributed by atoms with Crippen LogP contribution >= 0.6 is 0 Å². The van der Waals surface area contributed by atoms with Crippen LogP contribution in [0.3, 0.4) is 0 Å². The minimum atomic E-state index is -1.06. The van der Waals surface area contributed by atoms with E-state index in [2.05, 4.69) is 0 Å². The summed E-state index contributed by atoms with van der Waals surface area (Å²) >= 11 is 0. The van der Waals surface area contributed by atoms with E-state index in [4.69, 9.17) is 19.3 Å². The maximum Gasteiger partial charge on any atom is 0.334 e. The summed E-state index contributed by atoms with van der Waals surface area (Å²) in [5.41, 5.74) is 1.86. The molecule has 0 spiro atoms. The zero-order chi connectivity index (χ0) is 18.7. The third-order valence-electron chi connectivity index (χ3n) is 4.39. The first-order valence-electron chi connectivity index (χ1n) is 8.75. The molecule has 0 aliphatic carbocycles. The lowest BCUT2D eigenvalue weighted by Crippen LogP contribution is -2.48. The van der Waals surface area contributed by atoms with Gasteiger partial charge in [0, 0.05) is 30.2 Å². The van der Waals surface area contributed by atoms with E-state index in [1.807, 2.05) is 26.0 Å². The van der Waals surface area contributed by atoms with Crippen molar-refractivity contribution in [1.82, 2.24) is 4.90 Å². The minimum Gasteiger partial charge on any atom is -0.493 e. The van der Waals surface area contributed by atoms with E-state index in [1.165, 1.54) is 11.0 Å². The van der Waals surface area contributed by atoms with Gasteiger partial charge in [-0.2, -0.15) is 0 Å². The molecule has 140 valence electrons. The highest BCUT2D eigenvalue weighted by molar-refractivity contribution is 5.92. The summed E-state index contributed by atoms with van der Waals surface area (Å²) < 4.78 is 16.6. The van der Waals surface area contributed by atoms with Crippen molar-refractivity contribution < 1.29 is 28.9 Å². The molecule has 2 aliphatic rings. The lowest BCUT2D eigenvalue weighted by Gasteiger charge is -2.30. The fraction of sp³-hybridized carbons (Fsp3) is 0.474. The fourth-order valence-electron chi connectivity index (χ4n) is 3.13. The van der Waals surface area contributed by atoms with Gasteiger partial charge in [-0.25, -0.2) is 4.79 Å². The van der Waals surface area contributed by atoms with Crippen LogP contribution in [0.5, 0.6) is 11.5 Å². The average Bonchev–Trinajstić information content (AvgIpc) is 2.98.